The van der Waals surface area contributed by atoms with Crippen molar-refractivity contribution < 1.29 is 9.90 Å². The number of aromatic carboxylic acids is 1. The van der Waals surface area contributed by atoms with E-state index in [1.807, 2.05) is 6.07 Å². The summed E-state index contributed by atoms with van der Waals surface area (Å²) < 4.78 is 0. The van der Waals surface area contributed by atoms with E-state index < -0.39 is 5.97 Å². The molecule has 0 saturated carbocycles. The van der Waals surface area contributed by atoms with Gasteiger partial charge in [0.1, 0.15) is 5.82 Å². The second kappa shape index (κ2) is 6.22. The van der Waals surface area contributed by atoms with Crippen LogP contribution in [-0.2, 0) is 0 Å². The molecule has 2 rings (SSSR count). The Morgan fingerprint density at radius 2 is 2.20 bits per heavy atom. The highest BCUT2D eigenvalue weighted by atomic mass is 16.4. The van der Waals surface area contributed by atoms with Crippen molar-refractivity contribution in [2.24, 2.45) is 0 Å². The minimum Gasteiger partial charge on any atom is -0.478 e. The monoisotopic (exact) mass is 277 g/mol. The molecular formula is C15H23N3O2. The molecule has 0 bridgehead atoms. The fourth-order valence-electron chi connectivity index (χ4n) is 2.83. The topological polar surface area (TPSA) is 56.7 Å². The summed E-state index contributed by atoms with van der Waals surface area (Å²) in [6, 6.07) is 3.94. The molecule has 0 amide bonds. The summed E-state index contributed by atoms with van der Waals surface area (Å²) >= 11 is 0. The standard InChI is InChI=1S/C15H23N3O2/c1-4-12-10-17(3)8-5-9-18(12)14-7-6-13(15(19)20)11(2)16-14/h6-7,12H,4-5,8-10H2,1-3H3,(H,19,20). The van der Waals surface area contributed by atoms with E-state index in [9.17, 15) is 4.79 Å². The number of aryl methyl sites for hydroxylation is 1. The number of aromatic nitrogens is 1. The Kier molecular flexibility index (Phi) is 4.60. The molecule has 1 fully saturated rings. The predicted octanol–water partition coefficient (Wildman–Crippen LogP) is 2.01. The lowest BCUT2D eigenvalue weighted by molar-refractivity contribution is 0.0695. The highest BCUT2D eigenvalue weighted by Gasteiger charge is 2.23. The Balaban J connectivity index is 2.28. The molecular weight excluding hydrogens is 254 g/mol. The van der Waals surface area contributed by atoms with E-state index in [1.54, 1.807) is 13.0 Å². The molecule has 1 unspecified atom stereocenters. The van der Waals surface area contributed by atoms with Gasteiger partial charge >= 0.3 is 5.97 Å². The van der Waals surface area contributed by atoms with Gasteiger partial charge in [-0.3, -0.25) is 0 Å². The van der Waals surface area contributed by atoms with Crippen LogP contribution in [0.2, 0.25) is 0 Å². The predicted molar refractivity (Wildman–Crippen MR) is 79.5 cm³/mol. The van der Waals surface area contributed by atoms with Gasteiger partial charge in [0.15, 0.2) is 0 Å². The third kappa shape index (κ3) is 3.10. The molecule has 1 aliphatic rings. The quantitative estimate of drug-likeness (QED) is 0.916. The maximum Gasteiger partial charge on any atom is 0.337 e. The van der Waals surface area contributed by atoms with Gasteiger partial charge in [-0.25, -0.2) is 9.78 Å². The molecule has 20 heavy (non-hydrogen) atoms. The van der Waals surface area contributed by atoms with Crippen molar-refractivity contribution in [3.63, 3.8) is 0 Å². The van der Waals surface area contributed by atoms with Crippen molar-refractivity contribution in [2.45, 2.75) is 32.7 Å². The Morgan fingerprint density at radius 3 is 2.80 bits per heavy atom. The van der Waals surface area contributed by atoms with Gasteiger partial charge in [-0.05, 0) is 45.5 Å². The zero-order chi connectivity index (χ0) is 14.7. The summed E-state index contributed by atoms with van der Waals surface area (Å²) in [5.41, 5.74) is 0.871. The van der Waals surface area contributed by atoms with Crippen molar-refractivity contribution in [1.29, 1.82) is 0 Å². The minimum atomic E-state index is -0.913. The fourth-order valence-corrected chi connectivity index (χ4v) is 2.83. The van der Waals surface area contributed by atoms with Gasteiger partial charge in [0, 0.05) is 19.1 Å². The van der Waals surface area contributed by atoms with Crippen LogP contribution in [0, 0.1) is 6.92 Å². The lowest BCUT2D eigenvalue weighted by Gasteiger charge is -2.31. The maximum absolute atomic E-state index is 11.1. The molecule has 5 heteroatoms. The minimum absolute atomic E-state index is 0.286. The summed E-state index contributed by atoms with van der Waals surface area (Å²) in [5.74, 6) is -0.0150. The molecule has 1 aromatic heterocycles. The molecule has 1 N–H and O–H groups in total. The largest absolute Gasteiger partial charge is 0.478 e. The summed E-state index contributed by atoms with van der Waals surface area (Å²) in [7, 11) is 2.15. The average molecular weight is 277 g/mol. The maximum atomic E-state index is 11.1. The van der Waals surface area contributed by atoms with Crippen LogP contribution in [-0.4, -0.2) is 53.7 Å². The van der Waals surface area contributed by atoms with Gasteiger partial charge in [-0.15, -0.1) is 0 Å². The Morgan fingerprint density at radius 1 is 1.45 bits per heavy atom. The third-order valence-electron chi connectivity index (χ3n) is 3.97. The number of hydrogen-bond acceptors (Lipinski definition) is 4. The van der Waals surface area contributed by atoms with E-state index >= 15 is 0 Å². The van der Waals surface area contributed by atoms with Crippen molar-refractivity contribution in [1.82, 2.24) is 9.88 Å². The highest BCUT2D eigenvalue weighted by Crippen LogP contribution is 2.21. The summed E-state index contributed by atoms with van der Waals surface area (Å²) in [6.45, 7) is 7.05. The Labute approximate surface area is 120 Å². The molecule has 1 atom stereocenters. The highest BCUT2D eigenvalue weighted by molar-refractivity contribution is 5.89. The van der Waals surface area contributed by atoms with Gasteiger partial charge in [0.2, 0.25) is 0 Å². The number of pyridine rings is 1. The number of carboxylic acid groups (broad SMARTS) is 1. The lowest BCUT2D eigenvalue weighted by Crippen LogP contribution is -2.40. The molecule has 110 valence electrons. The van der Waals surface area contributed by atoms with E-state index in [0.717, 1.165) is 38.3 Å². The van der Waals surface area contributed by atoms with E-state index in [1.165, 1.54) is 0 Å². The molecule has 0 spiro atoms. The number of likely N-dealkylation sites (N-methyl/N-ethyl adjacent to an activating group) is 1. The van der Waals surface area contributed by atoms with E-state index in [0.29, 0.717) is 11.7 Å². The SMILES string of the molecule is CCC1CN(C)CCCN1c1ccc(C(=O)O)c(C)n1. The van der Waals surface area contributed by atoms with Gasteiger partial charge in [-0.1, -0.05) is 6.92 Å². The second-order valence-electron chi connectivity index (χ2n) is 5.48. The number of anilines is 1. The van der Waals surface area contributed by atoms with Crippen molar-refractivity contribution >= 4 is 11.8 Å². The molecule has 5 nitrogen and oxygen atoms in total. The molecule has 0 radical (unpaired) electrons. The second-order valence-corrected chi connectivity index (χ2v) is 5.48. The number of carboxylic acids is 1. The molecule has 1 aliphatic heterocycles. The Hall–Kier alpha value is -1.62. The van der Waals surface area contributed by atoms with Gasteiger partial charge in [0.25, 0.3) is 0 Å². The van der Waals surface area contributed by atoms with Crippen LogP contribution in [0.1, 0.15) is 35.8 Å². The molecule has 0 aliphatic carbocycles. The normalized spacial score (nSPS) is 20.8. The first-order chi connectivity index (χ1) is 9.52. The smallest absolute Gasteiger partial charge is 0.337 e. The molecule has 1 aromatic rings. The molecule has 2 heterocycles. The zero-order valence-electron chi connectivity index (χ0n) is 12.5. The molecule has 0 aromatic carbocycles. The lowest BCUT2D eigenvalue weighted by atomic mass is 10.1. The van der Waals surface area contributed by atoms with Crippen LogP contribution in [0.4, 0.5) is 5.82 Å². The van der Waals surface area contributed by atoms with Crippen LogP contribution in [0.25, 0.3) is 0 Å². The number of nitrogens with zero attached hydrogens (tertiary/aromatic N) is 3. The first-order valence-electron chi connectivity index (χ1n) is 7.19. The first kappa shape index (κ1) is 14.8. The van der Waals surface area contributed by atoms with Gasteiger partial charge in [-0.2, -0.15) is 0 Å². The summed E-state index contributed by atoms with van der Waals surface area (Å²) in [6.07, 6.45) is 2.17. The summed E-state index contributed by atoms with van der Waals surface area (Å²) in [5, 5.41) is 9.08. The zero-order valence-corrected chi connectivity index (χ0v) is 12.5. The van der Waals surface area contributed by atoms with Crippen LogP contribution in [0.5, 0.6) is 0 Å². The van der Waals surface area contributed by atoms with Crippen LogP contribution in [0.3, 0.4) is 0 Å². The average Bonchev–Trinajstić information content (AvgIpc) is 2.59. The van der Waals surface area contributed by atoms with Gasteiger partial charge < -0.3 is 14.9 Å². The van der Waals surface area contributed by atoms with Crippen molar-refractivity contribution in [2.75, 3.05) is 31.6 Å². The van der Waals surface area contributed by atoms with Crippen molar-refractivity contribution in [3.8, 4) is 0 Å². The van der Waals surface area contributed by atoms with E-state index in [2.05, 4.69) is 28.8 Å². The van der Waals surface area contributed by atoms with Crippen LogP contribution in [0.15, 0.2) is 12.1 Å². The number of hydrogen-bond donors (Lipinski definition) is 1. The van der Waals surface area contributed by atoms with Crippen LogP contribution >= 0.6 is 0 Å². The first-order valence-corrected chi connectivity index (χ1v) is 7.19. The van der Waals surface area contributed by atoms with Gasteiger partial charge in [0.05, 0.1) is 11.3 Å². The van der Waals surface area contributed by atoms with E-state index in [4.69, 9.17) is 5.11 Å². The molecule has 1 saturated heterocycles. The number of carbonyl (C=O) groups is 1. The van der Waals surface area contributed by atoms with Crippen molar-refractivity contribution in [3.05, 3.63) is 23.4 Å². The third-order valence-corrected chi connectivity index (χ3v) is 3.97. The van der Waals surface area contributed by atoms with Crippen LogP contribution < -0.4 is 4.90 Å². The fraction of sp³-hybridized carbons (Fsp3) is 0.600. The number of rotatable bonds is 3. The van der Waals surface area contributed by atoms with E-state index in [-0.39, 0.29) is 5.56 Å². The summed E-state index contributed by atoms with van der Waals surface area (Å²) in [4.78, 5) is 20.3. The Bertz CT molecular complexity index is 490.